The van der Waals surface area contributed by atoms with Crippen LogP contribution in [0.2, 0.25) is 0 Å². The number of nitrogens with one attached hydrogen (secondary N) is 1. The predicted octanol–water partition coefficient (Wildman–Crippen LogP) is 3.04. The third-order valence-electron chi connectivity index (χ3n) is 3.62. The van der Waals surface area contributed by atoms with E-state index in [9.17, 15) is 10.1 Å². The minimum Gasteiger partial charge on any atom is -0.368 e. The molecule has 0 bridgehead atoms. The molecule has 2 heterocycles. The molecule has 1 aliphatic heterocycles. The van der Waals surface area contributed by atoms with Crippen LogP contribution in [0.3, 0.4) is 0 Å². The van der Waals surface area contributed by atoms with Gasteiger partial charge in [-0.15, -0.1) is 0 Å². The van der Waals surface area contributed by atoms with Crippen molar-refractivity contribution in [3.05, 3.63) is 26.9 Å². The molecule has 1 aromatic rings. The van der Waals surface area contributed by atoms with Gasteiger partial charge in [-0.05, 0) is 48.8 Å². The van der Waals surface area contributed by atoms with Crippen molar-refractivity contribution in [2.45, 2.75) is 32.2 Å². The van der Waals surface area contributed by atoms with E-state index in [1.54, 1.807) is 0 Å². The van der Waals surface area contributed by atoms with Gasteiger partial charge in [0.2, 0.25) is 0 Å². The zero-order valence-corrected chi connectivity index (χ0v) is 13.1. The van der Waals surface area contributed by atoms with Crippen LogP contribution < -0.4 is 5.32 Å². The van der Waals surface area contributed by atoms with Crippen molar-refractivity contribution in [3.63, 3.8) is 0 Å². The smallest absolute Gasteiger partial charge is 0.288 e. The maximum absolute atomic E-state index is 10.7. The molecule has 110 valence electrons. The van der Waals surface area contributed by atoms with Crippen LogP contribution in [0.5, 0.6) is 0 Å². The van der Waals surface area contributed by atoms with Gasteiger partial charge in [-0.3, -0.25) is 15.0 Å². The number of aromatic nitrogens is 1. The van der Waals surface area contributed by atoms with Crippen LogP contribution >= 0.6 is 15.9 Å². The van der Waals surface area contributed by atoms with E-state index in [1.807, 2.05) is 0 Å². The minimum atomic E-state index is -0.447. The molecule has 0 aliphatic carbocycles. The largest absolute Gasteiger partial charge is 0.368 e. The zero-order valence-electron chi connectivity index (χ0n) is 11.5. The first-order valence-electron chi connectivity index (χ1n) is 6.86. The molecule has 1 aliphatic rings. The number of pyridine rings is 1. The average Bonchev–Trinajstić information content (AvgIpc) is 2.46. The monoisotopic (exact) mass is 342 g/mol. The topological polar surface area (TPSA) is 71.3 Å². The SMILES string of the molecule is CC(CNc1ncc([N+](=O)[O-])cc1Br)N1CCCCC1. The summed E-state index contributed by atoms with van der Waals surface area (Å²) in [4.78, 5) is 16.8. The molecule has 2 rings (SSSR count). The molecular weight excluding hydrogens is 324 g/mol. The number of nitro groups is 1. The number of likely N-dealkylation sites (tertiary alicyclic amines) is 1. The van der Waals surface area contributed by atoms with Gasteiger partial charge in [-0.2, -0.15) is 0 Å². The molecule has 1 unspecified atom stereocenters. The van der Waals surface area contributed by atoms with Crippen LogP contribution in [-0.2, 0) is 0 Å². The molecule has 20 heavy (non-hydrogen) atoms. The number of halogens is 1. The van der Waals surface area contributed by atoms with Crippen LogP contribution in [0.4, 0.5) is 11.5 Å². The van der Waals surface area contributed by atoms with Gasteiger partial charge < -0.3 is 5.32 Å². The Hall–Kier alpha value is -1.21. The van der Waals surface area contributed by atoms with Crippen molar-refractivity contribution in [1.29, 1.82) is 0 Å². The van der Waals surface area contributed by atoms with Gasteiger partial charge in [0.1, 0.15) is 12.0 Å². The van der Waals surface area contributed by atoms with Gasteiger partial charge in [0, 0.05) is 18.7 Å². The maximum Gasteiger partial charge on any atom is 0.288 e. The molecule has 7 heteroatoms. The Morgan fingerprint density at radius 2 is 2.20 bits per heavy atom. The van der Waals surface area contributed by atoms with Crippen LogP contribution in [0.15, 0.2) is 16.7 Å². The van der Waals surface area contributed by atoms with Crippen molar-refractivity contribution in [2.24, 2.45) is 0 Å². The summed E-state index contributed by atoms with van der Waals surface area (Å²) in [7, 11) is 0. The third kappa shape index (κ3) is 3.89. The van der Waals surface area contributed by atoms with E-state index < -0.39 is 4.92 Å². The molecule has 0 spiro atoms. The molecule has 0 saturated carbocycles. The highest BCUT2D eigenvalue weighted by Gasteiger charge is 2.17. The molecule has 0 radical (unpaired) electrons. The first-order valence-corrected chi connectivity index (χ1v) is 7.65. The van der Waals surface area contributed by atoms with Crippen molar-refractivity contribution in [3.8, 4) is 0 Å². The summed E-state index contributed by atoms with van der Waals surface area (Å²) < 4.78 is 0.623. The number of hydrogen-bond donors (Lipinski definition) is 1. The van der Waals surface area contributed by atoms with E-state index in [0.717, 1.165) is 19.6 Å². The van der Waals surface area contributed by atoms with Gasteiger partial charge in [0.25, 0.3) is 5.69 Å². The quantitative estimate of drug-likeness (QED) is 0.657. The maximum atomic E-state index is 10.7. The van der Waals surface area contributed by atoms with Crippen LogP contribution in [0.1, 0.15) is 26.2 Å². The normalized spacial score (nSPS) is 17.7. The Balaban J connectivity index is 1.91. The van der Waals surface area contributed by atoms with Gasteiger partial charge in [0.05, 0.1) is 9.40 Å². The molecule has 1 atom stereocenters. The van der Waals surface area contributed by atoms with Crippen LogP contribution in [0, 0.1) is 10.1 Å². The highest BCUT2D eigenvalue weighted by Crippen LogP contribution is 2.24. The lowest BCUT2D eigenvalue weighted by molar-refractivity contribution is -0.385. The number of hydrogen-bond acceptors (Lipinski definition) is 5. The summed E-state index contributed by atoms with van der Waals surface area (Å²) in [6.45, 7) is 5.27. The molecule has 1 N–H and O–H groups in total. The summed E-state index contributed by atoms with van der Waals surface area (Å²) in [5, 5.41) is 13.9. The molecule has 1 aromatic heterocycles. The van der Waals surface area contributed by atoms with Crippen molar-refractivity contribution >= 4 is 27.4 Å². The fourth-order valence-electron chi connectivity index (χ4n) is 2.39. The van der Waals surface area contributed by atoms with E-state index in [2.05, 4.69) is 38.1 Å². The van der Waals surface area contributed by atoms with Crippen molar-refractivity contribution in [1.82, 2.24) is 9.88 Å². The fraction of sp³-hybridized carbons (Fsp3) is 0.615. The standard InChI is InChI=1S/C13H19BrN4O2/c1-10(17-5-3-2-4-6-17)8-15-13-12(14)7-11(9-16-13)18(19)20/h7,9-10H,2-6,8H2,1H3,(H,15,16). The van der Waals surface area contributed by atoms with Crippen LogP contribution in [-0.4, -0.2) is 40.5 Å². The van der Waals surface area contributed by atoms with E-state index in [4.69, 9.17) is 0 Å². The second kappa shape index (κ2) is 6.99. The number of anilines is 1. The molecule has 0 amide bonds. The summed E-state index contributed by atoms with van der Waals surface area (Å²) >= 11 is 3.32. The van der Waals surface area contributed by atoms with Gasteiger partial charge in [-0.1, -0.05) is 6.42 Å². The Kier molecular flexibility index (Phi) is 5.31. The Morgan fingerprint density at radius 1 is 1.50 bits per heavy atom. The lowest BCUT2D eigenvalue weighted by atomic mass is 10.1. The van der Waals surface area contributed by atoms with Crippen molar-refractivity contribution < 1.29 is 4.92 Å². The summed E-state index contributed by atoms with van der Waals surface area (Å²) in [5.41, 5.74) is -0.00787. The summed E-state index contributed by atoms with van der Waals surface area (Å²) in [5.74, 6) is 0.652. The van der Waals surface area contributed by atoms with Gasteiger partial charge in [0.15, 0.2) is 0 Å². The second-order valence-electron chi connectivity index (χ2n) is 5.11. The van der Waals surface area contributed by atoms with E-state index in [0.29, 0.717) is 16.3 Å². The Bertz CT molecular complexity index is 477. The van der Waals surface area contributed by atoms with Crippen LogP contribution in [0.25, 0.3) is 0 Å². The van der Waals surface area contributed by atoms with E-state index in [-0.39, 0.29) is 5.69 Å². The lowest BCUT2D eigenvalue weighted by Crippen LogP contribution is -2.41. The minimum absolute atomic E-state index is 0.00787. The van der Waals surface area contributed by atoms with Gasteiger partial charge in [-0.25, -0.2) is 4.98 Å². The van der Waals surface area contributed by atoms with E-state index in [1.165, 1.54) is 31.5 Å². The van der Waals surface area contributed by atoms with Gasteiger partial charge >= 0.3 is 0 Å². The summed E-state index contributed by atoms with van der Waals surface area (Å²) in [6.07, 6.45) is 5.14. The third-order valence-corrected chi connectivity index (χ3v) is 4.22. The Morgan fingerprint density at radius 3 is 2.80 bits per heavy atom. The highest BCUT2D eigenvalue weighted by atomic mass is 79.9. The number of rotatable bonds is 5. The highest BCUT2D eigenvalue weighted by molar-refractivity contribution is 9.10. The second-order valence-corrected chi connectivity index (χ2v) is 5.96. The Labute approximate surface area is 126 Å². The number of piperidine rings is 1. The fourth-order valence-corrected chi connectivity index (χ4v) is 2.87. The predicted molar refractivity (Wildman–Crippen MR) is 82.0 cm³/mol. The first kappa shape index (κ1) is 15.2. The average molecular weight is 343 g/mol. The molecule has 1 fully saturated rings. The lowest BCUT2D eigenvalue weighted by Gasteiger charge is -2.32. The molecule has 6 nitrogen and oxygen atoms in total. The first-order chi connectivity index (χ1) is 9.58. The molecular formula is C13H19BrN4O2. The zero-order chi connectivity index (χ0) is 14.5. The number of nitrogens with zero attached hydrogens (tertiary/aromatic N) is 3. The van der Waals surface area contributed by atoms with E-state index >= 15 is 0 Å². The molecule has 1 saturated heterocycles. The van der Waals surface area contributed by atoms with Crippen molar-refractivity contribution in [2.75, 3.05) is 25.0 Å². The summed E-state index contributed by atoms with van der Waals surface area (Å²) in [6, 6.07) is 1.90. The molecule has 0 aromatic carbocycles.